The molecule has 1 N–H and O–H groups in total. The molecule has 4 aromatic rings. The maximum Gasteiger partial charge on any atom is 0.416 e. The predicted molar refractivity (Wildman–Crippen MR) is 120 cm³/mol. The molecule has 2 atom stereocenters. The molecule has 0 saturated carbocycles. The van der Waals surface area contributed by atoms with E-state index >= 15 is 0 Å². The summed E-state index contributed by atoms with van der Waals surface area (Å²) in [6.07, 6.45) is -2.10. The third-order valence-electron chi connectivity index (χ3n) is 5.86. The molecule has 2 aromatic heterocycles. The van der Waals surface area contributed by atoms with Crippen molar-refractivity contribution in [2.24, 2.45) is 0 Å². The van der Waals surface area contributed by atoms with Gasteiger partial charge in [0, 0.05) is 30.0 Å². The summed E-state index contributed by atoms with van der Waals surface area (Å²) in [5.41, 5.74) is 1.11. The molecule has 1 saturated heterocycles. The highest BCUT2D eigenvalue weighted by molar-refractivity contribution is 5.94. The molecular weight excluding hydrogens is 449 g/mol. The number of anilines is 1. The first-order valence-electron chi connectivity index (χ1n) is 10.9. The monoisotopic (exact) mass is 472 g/mol. The van der Waals surface area contributed by atoms with Gasteiger partial charge in [0.2, 0.25) is 0 Å². The van der Waals surface area contributed by atoms with Crippen LogP contribution in [-0.2, 0) is 10.9 Å². The van der Waals surface area contributed by atoms with E-state index in [9.17, 15) is 13.2 Å². The van der Waals surface area contributed by atoms with Gasteiger partial charge in [-0.1, -0.05) is 12.1 Å². The Morgan fingerprint density at radius 3 is 2.76 bits per heavy atom. The lowest BCUT2D eigenvalue weighted by atomic mass is 10.0. The first-order valence-corrected chi connectivity index (χ1v) is 10.9. The average molecular weight is 472 g/mol. The lowest BCUT2D eigenvalue weighted by Gasteiger charge is -2.20. The summed E-state index contributed by atoms with van der Waals surface area (Å²) in [6.45, 7) is 2.92. The topological polar surface area (TPSA) is 69.9 Å². The van der Waals surface area contributed by atoms with Gasteiger partial charge in [-0.15, -0.1) is 0 Å². The van der Waals surface area contributed by atoms with Crippen LogP contribution in [0.15, 0.2) is 48.7 Å². The molecule has 0 spiro atoms. The first-order chi connectivity index (χ1) is 16.3. The minimum atomic E-state index is -4.41. The highest BCUT2D eigenvalue weighted by Crippen LogP contribution is 2.38. The zero-order valence-electron chi connectivity index (χ0n) is 18.6. The lowest BCUT2D eigenvalue weighted by Crippen LogP contribution is -2.16. The average Bonchev–Trinajstić information content (AvgIpc) is 3.50. The minimum Gasteiger partial charge on any atom is -0.493 e. The molecule has 0 unspecified atom stereocenters. The third-order valence-corrected chi connectivity index (χ3v) is 5.86. The summed E-state index contributed by atoms with van der Waals surface area (Å²) in [5.74, 6) is 1.58. The quantitative estimate of drug-likeness (QED) is 0.413. The van der Waals surface area contributed by atoms with Gasteiger partial charge in [0.15, 0.2) is 17.1 Å². The van der Waals surface area contributed by atoms with Crippen LogP contribution in [0.1, 0.15) is 30.5 Å². The van der Waals surface area contributed by atoms with E-state index in [1.807, 2.05) is 12.1 Å². The van der Waals surface area contributed by atoms with Crippen molar-refractivity contribution in [1.82, 2.24) is 14.6 Å². The van der Waals surface area contributed by atoms with E-state index in [0.29, 0.717) is 47.1 Å². The van der Waals surface area contributed by atoms with Crippen LogP contribution in [0.2, 0.25) is 0 Å². The van der Waals surface area contributed by atoms with Crippen LogP contribution >= 0.6 is 0 Å². The van der Waals surface area contributed by atoms with Gasteiger partial charge >= 0.3 is 6.18 Å². The van der Waals surface area contributed by atoms with E-state index in [2.05, 4.69) is 15.4 Å². The molecular formula is C24H23F3N4O3. The van der Waals surface area contributed by atoms with Crippen molar-refractivity contribution < 1.29 is 27.4 Å². The molecule has 0 bridgehead atoms. The van der Waals surface area contributed by atoms with Crippen LogP contribution in [0.25, 0.3) is 16.6 Å². The molecule has 1 aliphatic rings. The molecule has 1 fully saturated rings. The molecule has 7 nitrogen and oxygen atoms in total. The Balaban J connectivity index is 1.57. The Morgan fingerprint density at radius 2 is 2.03 bits per heavy atom. The zero-order valence-corrected chi connectivity index (χ0v) is 18.6. The second-order valence-electron chi connectivity index (χ2n) is 8.17. The smallest absolute Gasteiger partial charge is 0.416 e. The molecule has 0 amide bonds. The Kier molecular flexibility index (Phi) is 5.68. The highest BCUT2D eigenvalue weighted by Gasteiger charge is 2.31. The number of hydrogen-bond acceptors (Lipinski definition) is 6. The maximum atomic E-state index is 13.2. The molecule has 0 radical (unpaired) electrons. The molecule has 10 heteroatoms. The Bertz CT molecular complexity index is 1330. The number of nitrogens with zero attached hydrogens (tertiary/aromatic N) is 3. The van der Waals surface area contributed by atoms with Crippen molar-refractivity contribution in [3.05, 3.63) is 59.8 Å². The number of hydrogen-bond donors (Lipinski definition) is 1. The minimum absolute atomic E-state index is 0.0896. The van der Waals surface area contributed by atoms with E-state index in [0.717, 1.165) is 24.1 Å². The standard InChI is InChI=1S/C24H23F3N4O3/c1-14(15-4-3-5-16(10-15)24(25,26)27)29-23-18-11-21(34-17-7-9-33-13-17)20(32-2)12-19(18)31-22(30-23)6-8-28-31/h3-6,8,10-12,14,17H,7,9,13H2,1-2H3,(H,29,30)/t14-,17+/m1/s1. The molecule has 0 aliphatic carbocycles. The van der Waals surface area contributed by atoms with Crippen LogP contribution < -0.4 is 14.8 Å². The number of aromatic nitrogens is 3. The maximum absolute atomic E-state index is 13.2. The van der Waals surface area contributed by atoms with Gasteiger partial charge in [-0.25, -0.2) is 9.50 Å². The molecule has 3 heterocycles. The van der Waals surface area contributed by atoms with Gasteiger partial charge in [0.25, 0.3) is 0 Å². The van der Waals surface area contributed by atoms with Crippen molar-refractivity contribution in [2.75, 3.05) is 25.6 Å². The van der Waals surface area contributed by atoms with Crippen molar-refractivity contribution in [2.45, 2.75) is 31.7 Å². The fourth-order valence-electron chi connectivity index (χ4n) is 4.08. The van der Waals surface area contributed by atoms with Crippen LogP contribution in [0.3, 0.4) is 0 Å². The zero-order chi connectivity index (χ0) is 23.9. The number of methoxy groups -OCH3 is 1. The number of nitrogens with one attached hydrogen (secondary N) is 1. The molecule has 178 valence electrons. The van der Waals surface area contributed by atoms with Crippen LogP contribution in [-0.4, -0.2) is 41.0 Å². The van der Waals surface area contributed by atoms with Crippen molar-refractivity contribution in [1.29, 1.82) is 0 Å². The number of fused-ring (bicyclic) bond motifs is 3. The van der Waals surface area contributed by atoms with Crippen molar-refractivity contribution in [3.8, 4) is 11.5 Å². The lowest BCUT2D eigenvalue weighted by molar-refractivity contribution is -0.137. The normalized spacial score (nSPS) is 17.3. The summed E-state index contributed by atoms with van der Waals surface area (Å²) in [4.78, 5) is 4.67. The van der Waals surface area contributed by atoms with Crippen LogP contribution in [0.5, 0.6) is 11.5 Å². The first kappa shape index (κ1) is 22.3. The van der Waals surface area contributed by atoms with Gasteiger partial charge in [0.1, 0.15) is 11.9 Å². The highest BCUT2D eigenvalue weighted by atomic mass is 19.4. The number of benzene rings is 2. The summed E-state index contributed by atoms with van der Waals surface area (Å²) >= 11 is 0. The summed E-state index contributed by atoms with van der Waals surface area (Å²) in [5, 5.41) is 8.34. The van der Waals surface area contributed by atoms with Gasteiger partial charge < -0.3 is 19.5 Å². The third kappa shape index (κ3) is 4.21. The van der Waals surface area contributed by atoms with E-state index in [4.69, 9.17) is 14.2 Å². The molecule has 5 rings (SSSR count). The van der Waals surface area contributed by atoms with Gasteiger partial charge in [-0.3, -0.25) is 0 Å². The van der Waals surface area contributed by atoms with Crippen LogP contribution in [0.4, 0.5) is 19.0 Å². The molecule has 1 aliphatic heterocycles. The number of halogens is 3. The molecule has 34 heavy (non-hydrogen) atoms. The van der Waals surface area contributed by atoms with Gasteiger partial charge in [-0.2, -0.15) is 18.3 Å². The SMILES string of the molecule is COc1cc2c(cc1O[C@H]1CCOC1)c(N[C@H](C)c1cccc(C(F)(F)F)c1)nc1ccnn12. The van der Waals surface area contributed by atoms with E-state index in [1.54, 1.807) is 36.9 Å². The van der Waals surface area contributed by atoms with E-state index < -0.39 is 17.8 Å². The van der Waals surface area contributed by atoms with E-state index in [1.165, 1.54) is 6.07 Å². The summed E-state index contributed by atoms with van der Waals surface area (Å²) < 4.78 is 58.4. The fraction of sp³-hybridized carbons (Fsp3) is 0.333. The van der Waals surface area contributed by atoms with Gasteiger partial charge in [-0.05, 0) is 30.7 Å². The number of ether oxygens (including phenoxy) is 3. The van der Waals surface area contributed by atoms with Crippen molar-refractivity contribution >= 4 is 22.4 Å². The van der Waals surface area contributed by atoms with Crippen molar-refractivity contribution in [3.63, 3.8) is 0 Å². The Morgan fingerprint density at radius 1 is 1.18 bits per heavy atom. The van der Waals surface area contributed by atoms with Crippen LogP contribution in [0, 0.1) is 0 Å². The number of rotatable bonds is 6. The summed E-state index contributed by atoms with van der Waals surface area (Å²) in [7, 11) is 1.57. The number of alkyl halides is 3. The van der Waals surface area contributed by atoms with Gasteiger partial charge in [0.05, 0.1) is 37.6 Å². The fourth-order valence-corrected chi connectivity index (χ4v) is 4.08. The Labute approximate surface area is 193 Å². The molecule has 2 aromatic carbocycles. The largest absolute Gasteiger partial charge is 0.493 e. The Hall–Kier alpha value is -3.53. The van der Waals surface area contributed by atoms with E-state index in [-0.39, 0.29) is 6.10 Å². The summed E-state index contributed by atoms with van der Waals surface area (Å²) in [6, 6.07) is 10.2. The second-order valence-corrected chi connectivity index (χ2v) is 8.17. The second kappa shape index (κ2) is 8.68. The predicted octanol–water partition coefficient (Wildman–Crippen LogP) is 5.25.